The van der Waals surface area contributed by atoms with Crippen LogP contribution in [0.3, 0.4) is 0 Å². The van der Waals surface area contributed by atoms with Crippen molar-refractivity contribution in [2.24, 2.45) is 0 Å². The number of aryl methyl sites for hydroxylation is 1. The lowest BCUT2D eigenvalue weighted by Crippen LogP contribution is -2.40. The number of amides is 2. The third kappa shape index (κ3) is 5.04. The highest BCUT2D eigenvalue weighted by molar-refractivity contribution is 5.95. The molecular weight excluding hydrogens is 424 g/mol. The quantitative estimate of drug-likeness (QED) is 0.519. The summed E-state index contributed by atoms with van der Waals surface area (Å²) in [7, 11) is 0. The molecule has 0 aromatic heterocycles. The van der Waals surface area contributed by atoms with E-state index in [2.05, 4.69) is 37.0 Å². The van der Waals surface area contributed by atoms with Gasteiger partial charge in [0, 0.05) is 18.7 Å². The summed E-state index contributed by atoms with van der Waals surface area (Å²) >= 11 is 0. The second-order valence-corrected chi connectivity index (χ2v) is 8.59. The Morgan fingerprint density at radius 3 is 2.65 bits per heavy atom. The molecule has 0 fully saturated rings. The standard InChI is InChI=1S/C29H30N2O3/c1-4-16-30-28(32)21(3)34-25-14-13-22-15-17-31(29(33)23-10-6-5-7-11-23)27(26(22)19-25)24-12-8-9-20(2)18-24/h4-14,18-19,21,27H,1,15-17H2,2-3H3,(H,30,32)/t21-,27-/m1/s1. The molecule has 0 bridgehead atoms. The first-order valence-electron chi connectivity index (χ1n) is 11.6. The monoisotopic (exact) mass is 454 g/mol. The van der Waals surface area contributed by atoms with Crippen LogP contribution in [0.1, 0.15) is 45.6 Å². The van der Waals surface area contributed by atoms with Gasteiger partial charge in [-0.25, -0.2) is 0 Å². The van der Waals surface area contributed by atoms with Crippen LogP contribution in [0.15, 0.2) is 85.5 Å². The normalized spacial score (nSPS) is 15.7. The van der Waals surface area contributed by atoms with Crippen molar-refractivity contribution in [2.45, 2.75) is 32.4 Å². The summed E-state index contributed by atoms with van der Waals surface area (Å²) in [6, 6.07) is 23.4. The number of benzene rings is 3. The number of nitrogens with zero attached hydrogens (tertiary/aromatic N) is 1. The molecule has 3 aromatic carbocycles. The van der Waals surface area contributed by atoms with Crippen LogP contribution in [0.25, 0.3) is 0 Å². The molecular formula is C29H30N2O3. The Kier molecular flexibility index (Phi) is 7.12. The van der Waals surface area contributed by atoms with E-state index in [4.69, 9.17) is 4.74 Å². The average molecular weight is 455 g/mol. The Morgan fingerprint density at radius 1 is 1.12 bits per heavy atom. The predicted molar refractivity (Wildman–Crippen MR) is 134 cm³/mol. The molecule has 0 saturated carbocycles. The summed E-state index contributed by atoms with van der Waals surface area (Å²) in [4.78, 5) is 27.8. The zero-order valence-corrected chi connectivity index (χ0v) is 19.7. The fourth-order valence-corrected chi connectivity index (χ4v) is 4.41. The minimum absolute atomic E-state index is 0.00116. The van der Waals surface area contributed by atoms with Crippen molar-refractivity contribution in [2.75, 3.05) is 13.1 Å². The first-order valence-corrected chi connectivity index (χ1v) is 11.6. The van der Waals surface area contributed by atoms with Crippen LogP contribution >= 0.6 is 0 Å². The lowest BCUT2D eigenvalue weighted by molar-refractivity contribution is -0.127. The van der Waals surface area contributed by atoms with Crippen molar-refractivity contribution in [1.82, 2.24) is 10.2 Å². The number of hydrogen-bond acceptors (Lipinski definition) is 3. The lowest BCUT2D eigenvalue weighted by atomic mass is 9.87. The minimum atomic E-state index is -0.652. The third-order valence-electron chi connectivity index (χ3n) is 6.09. The van der Waals surface area contributed by atoms with Gasteiger partial charge in [-0.1, -0.05) is 60.2 Å². The maximum Gasteiger partial charge on any atom is 0.261 e. The molecule has 0 radical (unpaired) electrons. The van der Waals surface area contributed by atoms with Crippen molar-refractivity contribution < 1.29 is 14.3 Å². The highest BCUT2D eigenvalue weighted by atomic mass is 16.5. The van der Waals surface area contributed by atoms with Crippen LogP contribution in [0.5, 0.6) is 5.75 Å². The molecule has 1 N–H and O–H groups in total. The van der Waals surface area contributed by atoms with Crippen LogP contribution in [0.4, 0.5) is 0 Å². The molecule has 5 heteroatoms. The zero-order chi connectivity index (χ0) is 24.1. The van der Waals surface area contributed by atoms with E-state index in [9.17, 15) is 9.59 Å². The van der Waals surface area contributed by atoms with Crippen molar-refractivity contribution in [3.8, 4) is 5.75 Å². The van der Waals surface area contributed by atoms with Crippen LogP contribution in [0.2, 0.25) is 0 Å². The second kappa shape index (κ2) is 10.4. The van der Waals surface area contributed by atoms with E-state index in [1.54, 1.807) is 13.0 Å². The topological polar surface area (TPSA) is 58.6 Å². The van der Waals surface area contributed by atoms with E-state index in [1.165, 1.54) is 5.56 Å². The molecule has 174 valence electrons. The fourth-order valence-electron chi connectivity index (χ4n) is 4.41. The molecule has 3 aromatic rings. The number of nitrogens with one attached hydrogen (secondary N) is 1. The molecule has 0 saturated heterocycles. The SMILES string of the molecule is C=CCNC(=O)[C@@H](C)Oc1ccc2c(c1)[C@@H](c1cccc(C)c1)N(C(=O)c1ccccc1)CC2. The Hall–Kier alpha value is -3.86. The zero-order valence-electron chi connectivity index (χ0n) is 19.7. The van der Waals surface area contributed by atoms with Gasteiger partial charge in [0.1, 0.15) is 5.75 Å². The number of rotatable bonds is 7. The van der Waals surface area contributed by atoms with Gasteiger partial charge in [0.15, 0.2) is 6.10 Å². The summed E-state index contributed by atoms with van der Waals surface area (Å²) in [5.41, 5.74) is 5.07. The van der Waals surface area contributed by atoms with Crippen molar-refractivity contribution in [3.05, 3.63) is 113 Å². The van der Waals surface area contributed by atoms with E-state index in [0.29, 0.717) is 24.4 Å². The van der Waals surface area contributed by atoms with Gasteiger partial charge >= 0.3 is 0 Å². The minimum Gasteiger partial charge on any atom is -0.481 e. The van der Waals surface area contributed by atoms with Gasteiger partial charge in [-0.05, 0) is 61.2 Å². The molecule has 0 spiro atoms. The number of fused-ring (bicyclic) bond motifs is 1. The van der Waals surface area contributed by atoms with Crippen LogP contribution in [-0.4, -0.2) is 35.9 Å². The van der Waals surface area contributed by atoms with E-state index >= 15 is 0 Å². The summed E-state index contributed by atoms with van der Waals surface area (Å²) in [5, 5.41) is 2.76. The molecule has 2 amide bonds. The molecule has 0 aliphatic carbocycles. The van der Waals surface area contributed by atoms with Crippen molar-refractivity contribution in [1.29, 1.82) is 0 Å². The highest BCUT2D eigenvalue weighted by Crippen LogP contribution is 2.38. The maximum atomic E-state index is 13.6. The largest absolute Gasteiger partial charge is 0.481 e. The Labute approximate surface area is 201 Å². The average Bonchev–Trinajstić information content (AvgIpc) is 2.86. The number of ether oxygens (including phenoxy) is 1. The first kappa shape index (κ1) is 23.3. The number of carbonyl (C=O) groups is 2. The molecule has 1 aliphatic rings. The van der Waals surface area contributed by atoms with Crippen LogP contribution < -0.4 is 10.1 Å². The van der Waals surface area contributed by atoms with Crippen LogP contribution in [-0.2, 0) is 11.2 Å². The number of hydrogen-bond donors (Lipinski definition) is 1. The van der Waals surface area contributed by atoms with Gasteiger partial charge in [0.05, 0.1) is 6.04 Å². The third-order valence-corrected chi connectivity index (χ3v) is 6.09. The van der Waals surface area contributed by atoms with Gasteiger partial charge in [0.2, 0.25) is 0 Å². The van der Waals surface area contributed by atoms with Gasteiger partial charge in [0.25, 0.3) is 11.8 Å². The molecule has 2 atom stereocenters. The Morgan fingerprint density at radius 2 is 1.91 bits per heavy atom. The highest BCUT2D eigenvalue weighted by Gasteiger charge is 2.33. The van der Waals surface area contributed by atoms with Crippen molar-refractivity contribution in [3.63, 3.8) is 0 Å². The van der Waals surface area contributed by atoms with Crippen LogP contribution in [0, 0.1) is 6.92 Å². The van der Waals surface area contributed by atoms with Crippen molar-refractivity contribution >= 4 is 11.8 Å². The molecule has 34 heavy (non-hydrogen) atoms. The van der Waals surface area contributed by atoms with Gasteiger partial charge in [-0.15, -0.1) is 6.58 Å². The summed E-state index contributed by atoms with van der Waals surface area (Å²) in [6.45, 7) is 8.42. The molecule has 4 rings (SSSR count). The summed E-state index contributed by atoms with van der Waals surface area (Å²) in [6.07, 6.45) is 1.74. The van der Waals surface area contributed by atoms with E-state index in [1.807, 2.05) is 59.5 Å². The first-order chi connectivity index (χ1) is 16.5. The van der Waals surface area contributed by atoms with E-state index in [0.717, 1.165) is 23.1 Å². The molecule has 1 heterocycles. The van der Waals surface area contributed by atoms with E-state index in [-0.39, 0.29) is 17.9 Å². The molecule has 1 aliphatic heterocycles. The van der Waals surface area contributed by atoms with Gasteiger partial charge in [-0.3, -0.25) is 9.59 Å². The fraction of sp³-hybridized carbons (Fsp3) is 0.241. The lowest BCUT2D eigenvalue weighted by Gasteiger charge is -2.38. The summed E-state index contributed by atoms with van der Waals surface area (Å²) < 4.78 is 5.98. The van der Waals surface area contributed by atoms with Gasteiger partial charge < -0.3 is 15.0 Å². The Balaban J connectivity index is 1.71. The summed E-state index contributed by atoms with van der Waals surface area (Å²) in [5.74, 6) is 0.404. The molecule has 5 nitrogen and oxygen atoms in total. The van der Waals surface area contributed by atoms with Gasteiger partial charge in [-0.2, -0.15) is 0 Å². The second-order valence-electron chi connectivity index (χ2n) is 8.59. The number of carbonyl (C=O) groups excluding carboxylic acids is 2. The maximum absolute atomic E-state index is 13.6. The molecule has 0 unspecified atom stereocenters. The van der Waals surface area contributed by atoms with E-state index < -0.39 is 6.10 Å². The predicted octanol–water partition coefficient (Wildman–Crippen LogP) is 4.85. The Bertz CT molecular complexity index is 1190. The smallest absolute Gasteiger partial charge is 0.261 e.